The lowest BCUT2D eigenvalue weighted by Gasteiger charge is -2.21. The lowest BCUT2D eigenvalue weighted by molar-refractivity contribution is -0.545. The van der Waals surface area contributed by atoms with Gasteiger partial charge in [0.05, 0.1) is 20.9 Å². The molecule has 0 atom stereocenters. The largest absolute Gasteiger partial charge is 0.493 e. The van der Waals surface area contributed by atoms with Crippen LogP contribution in [-0.4, -0.2) is 37.7 Å². The van der Waals surface area contributed by atoms with Crippen LogP contribution < -0.4 is 9.47 Å². The molecule has 0 unspecified atom stereocenters. The number of halogens is 1. The molecule has 0 N–H and O–H groups in total. The fraction of sp³-hybridized carbons (Fsp3) is 0.606. The van der Waals surface area contributed by atoms with E-state index in [1.807, 2.05) is 0 Å². The van der Waals surface area contributed by atoms with Crippen LogP contribution in [0, 0.1) is 0 Å². The first kappa shape index (κ1) is 29.2. The summed E-state index contributed by atoms with van der Waals surface area (Å²) in [7, 11) is 3.44. The summed E-state index contributed by atoms with van der Waals surface area (Å²) in [5.74, 6) is 1.62. The topological polar surface area (TPSA) is 21.5 Å². The van der Waals surface area contributed by atoms with Crippen molar-refractivity contribution >= 4 is 5.71 Å². The molecule has 0 bridgehead atoms. The smallest absolute Gasteiger partial charge is 0.184 e. The van der Waals surface area contributed by atoms with E-state index in [9.17, 15) is 4.39 Å². The molecule has 1 aliphatic heterocycles. The molecule has 4 heteroatoms. The second-order valence-corrected chi connectivity index (χ2v) is 10.5. The van der Waals surface area contributed by atoms with Gasteiger partial charge in [-0.15, -0.1) is 0 Å². The van der Waals surface area contributed by atoms with Crippen molar-refractivity contribution in [1.29, 1.82) is 0 Å². The third kappa shape index (κ3) is 8.86. The lowest BCUT2D eigenvalue weighted by atomic mass is 9.92. The van der Waals surface area contributed by atoms with Gasteiger partial charge in [0.25, 0.3) is 0 Å². The molecule has 0 radical (unpaired) electrons. The number of hydrogen-bond acceptors (Lipinski definition) is 2. The minimum absolute atomic E-state index is 0.229. The van der Waals surface area contributed by atoms with Crippen molar-refractivity contribution in [1.82, 2.24) is 0 Å². The van der Waals surface area contributed by atoms with Gasteiger partial charge in [0.2, 0.25) is 0 Å². The van der Waals surface area contributed by atoms with E-state index in [1.54, 1.807) is 14.2 Å². The summed E-state index contributed by atoms with van der Waals surface area (Å²) in [5, 5.41) is 0. The van der Waals surface area contributed by atoms with E-state index in [-0.39, 0.29) is 6.67 Å². The van der Waals surface area contributed by atoms with Crippen LogP contribution in [-0.2, 0) is 19.4 Å². The molecule has 1 heterocycles. The summed E-state index contributed by atoms with van der Waals surface area (Å²) in [5.41, 5.74) is 6.84. The number of ether oxygens (including phenoxy) is 2. The van der Waals surface area contributed by atoms with Gasteiger partial charge in [-0.25, -0.2) is 4.58 Å². The number of nitrogens with zero attached hydrogens (tertiary/aromatic N) is 1. The van der Waals surface area contributed by atoms with Crippen LogP contribution in [0.3, 0.4) is 0 Å². The second kappa shape index (κ2) is 16.5. The molecule has 0 spiro atoms. The summed E-state index contributed by atoms with van der Waals surface area (Å²) in [6.07, 6.45) is 16.6. The predicted octanol–water partition coefficient (Wildman–Crippen LogP) is 8.47. The number of benzene rings is 2. The molecule has 2 aromatic rings. The highest BCUT2D eigenvalue weighted by molar-refractivity contribution is 5.99. The van der Waals surface area contributed by atoms with Gasteiger partial charge in [0.1, 0.15) is 6.54 Å². The SMILES string of the molecule is CCCCCCCCCCCC1=[N+](Cc2ccccc2CCCCF)CCc2cc(OC)c(OC)cc21. The highest BCUT2D eigenvalue weighted by Gasteiger charge is 2.28. The van der Waals surface area contributed by atoms with Gasteiger partial charge < -0.3 is 9.47 Å². The Morgan fingerprint density at radius 1 is 0.757 bits per heavy atom. The average molecular weight is 511 g/mol. The van der Waals surface area contributed by atoms with Gasteiger partial charge in [-0.2, -0.15) is 0 Å². The maximum atomic E-state index is 12.7. The Balaban J connectivity index is 1.77. The van der Waals surface area contributed by atoms with Crippen molar-refractivity contribution in [3.63, 3.8) is 0 Å². The molecule has 0 aliphatic carbocycles. The van der Waals surface area contributed by atoms with E-state index in [4.69, 9.17) is 9.47 Å². The standard InChI is InChI=1S/C33H49FNO2/c1-4-5-6-7-8-9-10-11-12-20-31-30-25-33(37-3)32(36-2)24-28(30)21-23-35(31)26-29-19-14-13-17-27(29)18-15-16-22-34/h13-14,17,19,24-25H,4-12,15-16,18,20-23,26H2,1-3H3/q+1. The summed E-state index contributed by atoms with van der Waals surface area (Å²) in [6.45, 7) is 3.97. The first-order valence-corrected chi connectivity index (χ1v) is 14.7. The predicted molar refractivity (Wildman–Crippen MR) is 153 cm³/mol. The number of alkyl halides is 1. The maximum Gasteiger partial charge on any atom is 0.184 e. The van der Waals surface area contributed by atoms with Crippen LogP contribution in [0.5, 0.6) is 11.5 Å². The molecule has 3 nitrogen and oxygen atoms in total. The number of hydrogen-bond donors (Lipinski definition) is 0. The average Bonchev–Trinajstić information content (AvgIpc) is 2.93. The summed E-state index contributed by atoms with van der Waals surface area (Å²) in [6, 6.07) is 13.1. The highest BCUT2D eigenvalue weighted by Crippen LogP contribution is 2.33. The van der Waals surface area contributed by atoms with Gasteiger partial charge in [-0.05, 0) is 48.9 Å². The van der Waals surface area contributed by atoms with Crippen molar-refractivity contribution < 1.29 is 18.4 Å². The van der Waals surface area contributed by atoms with Crippen LogP contribution in [0.4, 0.5) is 4.39 Å². The fourth-order valence-corrected chi connectivity index (χ4v) is 5.60. The van der Waals surface area contributed by atoms with Gasteiger partial charge in [-0.3, -0.25) is 4.39 Å². The van der Waals surface area contributed by atoms with Crippen molar-refractivity contribution in [2.24, 2.45) is 0 Å². The normalized spacial score (nSPS) is 13.1. The molecule has 204 valence electrons. The molecular formula is C33H49FNO2+. The molecule has 0 fully saturated rings. The van der Waals surface area contributed by atoms with Crippen LogP contribution in [0.25, 0.3) is 0 Å². The van der Waals surface area contributed by atoms with Crippen molar-refractivity contribution in [3.05, 3.63) is 58.7 Å². The van der Waals surface area contributed by atoms with Crippen LogP contribution in [0.1, 0.15) is 106 Å². The van der Waals surface area contributed by atoms with Crippen LogP contribution in [0.15, 0.2) is 36.4 Å². The zero-order chi connectivity index (χ0) is 26.3. The molecule has 37 heavy (non-hydrogen) atoms. The Kier molecular flexibility index (Phi) is 13.0. The maximum absolute atomic E-state index is 12.7. The minimum atomic E-state index is -0.229. The Bertz CT molecular complexity index is 984. The summed E-state index contributed by atoms with van der Waals surface area (Å²) in [4.78, 5) is 0. The van der Waals surface area contributed by atoms with E-state index >= 15 is 0 Å². The third-order valence-electron chi connectivity index (χ3n) is 7.78. The quantitative estimate of drug-likeness (QED) is 0.148. The monoisotopic (exact) mass is 510 g/mol. The van der Waals surface area contributed by atoms with Gasteiger partial charge in [-0.1, -0.05) is 82.6 Å². The van der Waals surface area contributed by atoms with E-state index in [1.165, 1.54) is 85.8 Å². The zero-order valence-corrected chi connectivity index (χ0v) is 23.6. The van der Waals surface area contributed by atoms with Crippen LogP contribution in [0.2, 0.25) is 0 Å². The van der Waals surface area contributed by atoms with Crippen molar-refractivity contribution in [3.8, 4) is 11.5 Å². The van der Waals surface area contributed by atoms with Crippen LogP contribution >= 0.6 is 0 Å². The van der Waals surface area contributed by atoms with E-state index in [0.29, 0.717) is 6.42 Å². The Morgan fingerprint density at radius 2 is 1.38 bits per heavy atom. The molecule has 0 saturated carbocycles. The number of fused-ring (bicyclic) bond motifs is 1. The Morgan fingerprint density at radius 3 is 2.05 bits per heavy atom. The van der Waals surface area contributed by atoms with E-state index in [2.05, 4.69) is 47.9 Å². The Hall–Kier alpha value is -2.36. The first-order chi connectivity index (χ1) is 18.2. The Labute approximate surface area is 225 Å². The fourth-order valence-electron chi connectivity index (χ4n) is 5.60. The lowest BCUT2D eigenvalue weighted by Crippen LogP contribution is -2.30. The number of methoxy groups -OCH3 is 2. The summed E-state index contributed by atoms with van der Waals surface area (Å²) >= 11 is 0. The minimum Gasteiger partial charge on any atom is -0.493 e. The molecule has 1 aliphatic rings. The van der Waals surface area contributed by atoms with Gasteiger partial charge in [0, 0.05) is 24.0 Å². The number of rotatable bonds is 18. The molecular weight excluding hydrogens is 461 g/mol. The first-order valence-electron chi connectivity index (χ1n) is 14.7. The molecule has 2 aromatic carbocycles. The number of unbranched alkanes of at least 4 members (excludes halogenated alkanes) is 9. The van der Waals surface area contributed by atoms with Gasteiger partial charge >= 0.3 is 0 Å². The van der Waals surface area contributed by atoms with E-state index < -0.39 is 0 Å². The van der Waals surface area contributed by atoms with Crippen molar-refractivity contribution in [2.45, 2.75) is 103 Å². The van der Waals surface area contributed by atoms with Crippen molar-refractivity contribution in [2.75, 3.05) is 27.4 Å². The molecule has 0 saturated heterocycles. The van der Waals surface area contributed by atoms with E-state index in [0.717, 1.165) is 50.3 Å². The highest BCUT2D eigenvalue weighted by atomic mass is 19.1. The third-order valence-corrected chi connectivity index (χ3v) is 7.78. The molecule has 3 rings (SSSR count). The van der Waals surface area contributed by atoms with Gasteiger partial charge in [0.15, 0.2) is 23.8 Å². The number of aryl methyl sites for hydroxylation is 1. The summed E-state index contributed by atoms with van der Waals surface area (Å²) < 4.78 is 26.6. The molecule has 0 amide bonds. The second-order valence-electron chi connectivity index (χ2n) is 10.5. The molecule has 0 aromatic heterocycles. The zero-order valence-electron chi connectivity index (χ0n) is 23.6.